The number of likely N-dealkylation sites (tertiary alicyclic amines) is 1. The van der Waals surface area contributed by atoms with Crippen LogP contribution in [-0.2, 0) is 4.79 Å². The van der Waals surface area contributed by atoms with Gasteiger partial charge in [0.15, 0.2) is 0 Å². The molecule has 14 heavy (non-hydrogen) atoms. The molecule has 2 N–H and O–H groups in total. The highest BCUT2D eigenvalue weighted by Gasteiger charge is 2.22. The van der Waals surface area contributed by atoms with Gasteiger partial charge in [-0.1, -0.05) is 6.92 Å². The molecule has 1 aliphatic rings. The van der Waals surface area contributed by atoms with Crippen LogP contribution in [0.25, 0.3) is 0 Å². The van der Waals surface area contributed by atoms with E-state index in [9.17, 15) is 4.79 Å². The lowest BCUT2D eigenvalue weighted by Crippen LogP contribution is -2.47. The Labute approximate surface area is 85.3 Å². The summed E-state index contributed by atoms with van der Waals surface area (Å²) in [5.41, 5.74) is 0. The molecule has 2 unspecified atom stereocenters. The third-order valence-electron chi connectivity index (χ3n) is 2.69. The fraction of sp³-hybridized carbons (Fsp3) is 0.900. The van der Waals surface area contributed by atoms with E-state index in [1.54, 1.807) is 4.90 Å². The van der Waals surface area contributed by atoms with E-state index in [1.807, 2.05) is 14.0 Å². The summed E-state index contributed by atoms with van der Waals surface area (Å²) in [6, 6.07) is 0.395. The Bertz CT molecular complexity index is 197. The van der Waals surface area contributed by atoms with Gasteiger partial charge in [0.05, 0.1) is 0 Å². The molecule has 82 valence electrons. The van der Waals surface area contributed by atoms with Gasteiger partial charge in [-0.2, -0.15) is 0 Å². The second kappa shape index (κ2) is 5.32. The number of nitrogens with zero attached hydrogens (tertiary/aromatic N) is 1. The van der Waals surface area contributed by atoms with Crippen molar-refractivity contribution >= 4 is 5.91 Å². The first kappa shape index (κ1) is 11.5. The van der Waals surface area contributed by atoms with E-state index in [4.69, 9.17) is 5.11 Å². The summed E-state index contributed by atoms with van der Waals surface area (Å²) in [5.74, 6) is 0.524. The van der Waals surface area contributed by atoms with Crippen molar-refractivity contribution in [1.82, 2.24) is 10.2 Å². The standard InChI is InChI=1S/C10H20N2O2/c1-8(7-13)5-11-9-3-4-10(14)12(2)6-9/h8-9,11,13H,3-7H2,1-2H3. The molecule has 0 saturated carbocycles. The van der Waals surface area contributed by atoms with Crippen molar-refractivity contribution in [2.24, 2.45) is 5.92 Å². The maximum Gasteiger partial charge on any atom is 0.222 e. The lowest BCUT2D eigenvalue weighted by Gasteiger charge is -2.30. The molecule has 0 radical (unpaired) electrons. The Morgan fingerprint density at radius 3 is 3.00 bits per heavy atom. The molecule has 0 aromatic rings. The van der Waals surface area contributed by atoms with E-state index in [-0.39, 0.29) is 18.4 Å². The number of hydrogen-bond acceptors (Lipinski definition) is 3. The molecule has 0 aliphatic carbocycles. The maximum atomic E-state index is 11.2. The minimum atomic E-state index is 0.217. The average molecular weight is 200 g/mol. The monoisotopic (exact) mass is 200 g/mol. The van der Waals surface area contributed by atoms with Crippen molar-refractivity contribution < 1.29 is 9.90 Å². The summed E-state index contributed by atoms with van der Waals surface area (Å²) in [4.78, 5) is 13.0. The number of carbonyl (C=O) groups excluding carboxylic acids is 1. The van der Waals surface area contributed by atoms with Crippen LogP contribution in [0.3, 0.4) is 0 Å². The highest BCUT2D eigenvalue weighted by Crippen LogP contribution is 2.09. The number of nitrogens with one attached hydrogen (secondary N) is 1. The van der Waals surface area contributed by atoms with Crippen molar-refractivity contribution in [2.75, 3.05) is 26.7 Å². The highest BCUT2D eigenvalue weighted by molar-refractivity contribution is 5.76. The maximum absolute atomic E-state index is 11.2. The molecular formula is C10H20N2O2. The van der Waals surface area contributed by atoms with Crippen LogP contribution >= 0.6 is 0 Å². The van der Waals surface area contributed by atoms with Crippen molar-refractivity contribution in [3.05, 3.63) is 0 Å². The number of carbonyl (C=O) groups is 1. The lowest BCUT2D eigenvalue weighted by atomic mass is 10.0. The first-order chi connectivity index (χ1) is 6.63. The molecule has 2 atom stereocenters. The van der Waals surface area contributed by atoms with Gasteiger partial charge < -0.3 is 15.3 Å². The average Bonchev–Trinajstić information content (AvgIpc) is 2.19. The molecule has 0 aromatic heterocycles. The van der Waals surface area contributed by atoms with Gasteiger partial charge >= 0.3 is 0 Å². The van der Waals surface area contributed by atoms with Crippen LogP contribution < -0.4 is 5.32 Å². The van der Waals surface area contributed by atoms with Crippen LogP contribution in [0.4, 0.5) is 0 Å². The molecule has 0 aromatic carbocycles. The Hall–Kier alpha value is -0.610. The SMILES string of the molecule is CC(CO)CNC1CCC(=O)N(C)C1. The van der Waals surface area contributed by atoms with Gasteiger partial charge in [0.1, 0.15) is 0 Å². The third-order valence-corrected chi connectivity index (χ3v) is 2.69. The van der Waals surface area contributed by atoms with E-state index in [0.717, 1.165) is 19.5 Å². The second-order valence-corrected chi connectivity index (χ2v) is 4.21. The molecule has 1 saturated heterocycles. The van der Waals surface area contributed by atoms with Gasteiger partial charge in [-0.15, -0.1) is 0 Å². The van der Waals surface area contributed by atoms with E-state index >= 15 is 0 Å². The summed E-state index contributed by atoms with van der Waals surface area (Å²) >= 11 is 0. The molecule has 1 aliphatic heterocycles. The van der Waals surface area contributed by atoms with Gasteiger partial charge in [0.2, 0.25) is 5.91 Å². The Morgan fingerprint density at radius 2 is 2.43 bits per heavy atom. The van der Waals surface area contributed by atoms with Crippen LogP contribution in [0.5, 0.6) is 0 Å². The van der Waals surface area contributed by atoms with Crippen LogP contribution in [0.2, 0.25) is 0 Å². The van der Waals surface area contributed by atoms with Crippen LogP contribution in [0, 0.1) is 5.92 Å². The summed E-state index contributed by atoms with van der Waals surface area (Å²) in [5, 5.41) is 12.2. The van der Waals surface area contributed by atoms with E-state index in [2.05, 4.69) is 5.32 Å². The van der Waals surface area contributed by atoms with E-state index in [0.29, 0.717) is 12.5 Å². The normalized spacial score (nSPS) is 25.2. The third kappa shape index (κ3) is 3.27. The molecule has 0 bridgehead atoms. The number of aliphatic hydroxyl groups is 1. The van der Waals surface area contributed by atoms with Crippen molar-refractivity contribution in [3.63, 3.8) is 0 Å². The van der Waals surface area contributed by atoms with Gasteiger partial charge in [-0.25, -0.2) is 0 Å². The van der Waals surface area contributed by atoms with Gasteiger partial charge in [0.25, 0.3) is 0 Å². The smallest absolute Gasteiger partial charge is 0.222 e. The number of piperidine rings is 1. The van der Waals surface area contributed by atoms with Crippen LogP contribution in [0.15, 0.2) is 0 Å². The number of aliphatic hydroxyl groups excluding tert-OH is 1. The molecule has 0 spiro atoms. The molecule has 1 amide bonds. The predicted octanol–water partition coefficient (Wildman–Crippen LogP) is -0.175. The Kier molecular flexibility index (Phi) is 4.35. The Morgan fingerprint density at radius 1 is 1.71 bits per heavy atom. The largest absolute Gasteiger partial charge is 0.396 e. The zero-order valence-electron chi connectivity index (χ0n) is 8.99. The minimum Gasteiger partial charge on any atom is -0.396 e. The summed E-state index contributed by atoms with van der Waals surface area (Å²) in [6.07, 6.45) is 1.56. The zero-order valence-corrected chi connectivity index (χ0v) is 8.99. The number of likely N-dealkylation sites (N-methyl/N-ethyl adjacent to an activating group) is 1. The minimum absolute atomic E-state index is 0.217. The van der Waals surface area contributed by atoms with Gasteiger partial charge in [0, 0.05) is 39.2 Å². The number of amides is 1. The van der Waals surface area contributed by atoms with Crippen molar-refractivity contribution in [3.8, 4) is 0 Å². The summed E-state index contributed by atoms with van der Waals surface area (Å²) in [7, 11) is 1.84. The van der Waals surface area contributed by atoms with E-state index < -0.39 is 0 Å². The van der Waals surface area contributed by atoms with Crippen LogP contribution in [0.1, 0.15) is 19.8 Å². The molecule has 1 fully saturated rings. The summed E-state index contributed by atoms with van der Waals surface area (Å²) in [6.45, 7) is 3.83. The quantitative estimate of drug-likeness (QED) is 0.662. The number of rotatable bonds is 4. The fourth-order valence-electron chi connectivity index (χ4n) is 1.61. The van der Waals surface area contributed by atoms with E-state index in [1.165, 1.54) is 0 Å². The van der Waals surface area contributed by atoms with Crippen molar-refractivity contribution in [1.29, 1.82) is 0 Å². The Balaban J connectivity index is 2.23. The molecular weight excluding hydrogens is 180 g/mol. The zero-order chi connectivity index (χ0) is 10.6. The van der Waals surface area contributed by atoms with Gasteiger partial charge in [-0.05, 0) is 12.3 Å². The molecule has 4 nitrogen and oxygen atoms in total. The predicted molar refractivity (Wildman–Crippen MR) is 54.9 cm³/mol. The second-order valence-electron chi connectivity index (χ2n) is 4.21. The van der Waals surface area contributed by atoms with Gasteiger partial charge in [-0.3, -0.25) is 4.79 Å². The first-order valence-electron chi connectivity index (χ1n) is 5.21. The first-order valence-corrected chi connectivity index (χ1v) is 5.21. The fourth-order valence-corrected chi connectivity index (χ4v) is 1.61. The molecule has 4 heteroatoms. The topological polar surface area (TPSA) is 52.6 Å². The van der Waals surface area contributed by atoms with Crippen molar-refractivity contribution in [2.45, 2.75) is 25.8 Å². The highest BCUT2D eigenvalue weighted by atomic mass is 16.3. The lowest BCUT2D eigenvalue weighted by molar-refractivity contribution is -0.132. The van der Waals surface area contributed by atoms with Crippen LogP contribution in [-0.4, -0.2) is 48.7 Å². The molecule has 1 rings (SSSR count). The number of hydrogen-bond donors (Lipinski definition) is 2. The summed E-state index contributed by atoms with van der Waals surface area (Å²) < 4.78 is 0. The molecule has 1 heterocycles.